The van der Waals surface area contributed by atoms with E-state index in [4.69, 9.17) is 4.74 Å². The molecule has 0 bridgehead atoms. The maximum Gasteiger partial charge on any atom is 0.306 e. The number of hydrogen-bond donors (Lipinski definition) is 0. The first-order valence-corrected chi connectivity index (χ1v) is 6.05. The van der Waals surface area contributed by atoms with Crippen molar-refractivity contribution in [3.8, 4) is 0 Å². The molecule has 1 saturated heterocycles. The number of esters is 1. The lowest BCUT2D eigenvalue weighted by molar-refractivity contribution is -0.158. The lowest BCUT2D eigenvalue weighted by Gasteiger charge is -2.43. The summed E-state index contributed by atoms with van der Waals surface area (Å²) in [6, 6.07) is 0. The SMILES string of the molecule is C=CC[C@@H]1CCC[C@H]2CC(=O)O[C@@]12CC. The van der Waals surface area contributed by atoms with Crippen molar-refractivity contribution < 1.29 is 9.53 Å². The van der Waals surface area contributed by atoms with Gasteiger partial charge in [0.05, 0.1) is 6.42 Å². The Balaban J connectivity index is 2.24. The third-order valence-electron chi connectivity index (χ3n) is 4.21. The number of ether oxygens (including phenoxy) is 1. The summed E-state index contributed by atoms with van der Waals surface area (Å²) in [7, 11) is 0. The quantitative estimate of drug-likeness (QED) is 0.526. The first-order valence-electron chi connectivity index (χ1n) is 6.05. The van der Waals surface area contributed by atoms with Gasteiger partial charge in [0.25, 0.3) is 0 Å². The van der Waals surface area contributed by atoms with Gasteiger partial charge < -0.3 is 4.74 Å². The van der Waals surface area contributed by atoms with Crippen molar-refractivity contribution in [3.63, 3.8) is 0 Å². The average molecular weight is 208 g/mol. The molecule has 2 fully saturated rings. The molecule has 2 heteroatoms. The minimum Gasteiger partial charge on any atom is -0.458 e. The molecule has 2 nitrogen and oxygen atoms in total. The third-order valence-corrected chi connectivity index (χ3v) is 4.21. The van der Waals surface area contributed by atoms with Gasteiger partial charge in [0, 0.05) is 11.8 Å². The van der Waals surface area contributed by atoms with E-state index in [9.17, 15) is 4.79 Å². The molecule has 15 heavy (non-hydrogen) atoms. The Bertz CT molecular complexity index is 272. The van der Waals surface area contributed by atoms with Gasteiger partial charge in [0.15, 0.2) is 0 Å². The fourth-order valence-corrected chi connectivity index (χ4v) is 3.50. The number of rotatable bonds is 3. The van der Waals surface area contributed by atoms with Crippen LogP contribution in [0.25, 0.3) is 0 Å². The van der Waals surface area contributed by atoms with Crippen molar-refractivity contribution in [2.45, 2.75) is 51.0 Å². The van der Waals surface area contributed by atoms with Crippen molar-refractivity contribution in [2.24, 2.45) is 11.8 Å². The fourth-order valence-electron chi connectivity index (χ4n) is 3.50. The molecule has 84 valence electrons. The zero-order chi connectivity index (χ0) is 10.9. The van der Waals surface area contributed by atoms with E-state index in [1.807, 2.05) is 6.08 Å². The second-order valence-electron chi connectivity index (χ2n) is 4.84. The van der Waals surface area contributed by atoms with Crippen molar-refractivity contribution in [1.29, 1.82) is 0 Å². The van der Waals surface area contributed by atoms with Crippen LogP contribution in [0.5, 0.6) is 0 Å². The van der Waals surface area contributed by atoms with E-state index in [2.05, 4.69) is 13.5 Å². The summed E-state index contributed by atoms with van der Waals surface area (Å²) in [4.78, 5) is 11.5. The smallest absolute Gasteiger partial charge is 0.306 e. The Morgan fingerprint density at radius 1 is 1.60 bits per heavy atom. The Hall–Kier alpha value is -0.790. The van der Waals surface area contributed by atoms with Crippen molar-refractivity contribution in [2.75, 3.05) is 0 Å². The Labute approximate surface area is 91.7 Å². The molecule has 0 amide bonds. The van der Waals surface area contributed by atoms with E-state index in [-0.39, 0.29) is 11.6 Å². The molecule has 1 aliphatic heterocycles. The summed E-state index contributed by atoms with van der Waals surface area (Å²) >= 11 is 0. The normalized spacial score (nSPS) is 39.7. The molecule has 0 spiro atoms. The maximum absolute atomic E-state index is 11.5. The van der Waals surface area contributed by atoms with E-state index in [0.29, 0.717) is 18.3 Å². The molecule has 0 aromatic carbocycles. The second kappa shape index (κ2) is 3.99. The molecule has 1 aliphatic carbocycles. The highest BCUT2D eigenvalue weighted by atomic mass is 16.6. The molecule has 0 N–H and O–H groups in total. The Morgan fingerprint density at radius 3 is 3.07 bits per heavy atom. The van der Waals surface area contributed by atoms with E-state index >= 15 is 0 Å². The van der Waals surface area contributed by atoms with Gasteiger partial charge in [-0.2, -0.15) is 0 Å². The highest BCUT2D eigenvalue weighted by molar-refractivity contribution is 5.73. The van der Waals surface area contributed by atoms with Gasteiger partial charge in [0.1, 0.15) is 5.60 Å². The van der Waals surface area contributed by atoms with Crippen LogP contribution in [-0.2, 0) is 9.53 Å². The van der Waals surface area contributed by atoms with E-state index in [1.165, 1.54) is 12.8 Å². The molecule has 0 aromatic heterocycles. The van der Waals surface area contributed by atoms with Crippen LogP contribution in [0.15, 0.2) is 12.7 Å². The van der Waals surface area contributed by atoms with Crippen LogP contribution in [0.2, 0.25) is 0 Å². The molecular formula is C13H20O2. The topological polar surface area (TPSA) is 26.3 Å². The molecular weight excluding hydrogens is 188 g/mol. The monoisotopic (exact) mass is 208 g/mol. The van der Waals surface area contributed by atoms with E-state index in [1.54, 1.807) is 0 Å². The summed E-state index contributed by atoms with van der Waals surface area (Å²) in [5.41, 5.74) is -0.149. The predicted octanol–water partition coefficient (Wildman–Crippen LogP) is 3.07. The molecule has 2 aliphatic rings. The van der Waals surface area contributed by atoms with Crippen LogP contribution in [0.1, 0.15) is 45.4 Å². The summed E-state index contributed by atoms with van der Waals surface area (Å²) in [5, 5.41) is 0. The highest BCUT2D eigenvalue weighted by Crippen LogP contribution is 2.50. The van der Waals surface area contributed by atoms with Crippen LogP contribution < -0.4 is 0 Å². The number of fused-ring (bicyclic) bond motifs is 1. The average Bonchev–Trinajstić information content (AvgIpc) is 2.56. The van der Waals surface area contributed by atoms with Gasteiger partial charge in [0.2, 0.25) is 0 Å². The van der Waals surface area contributed by atoms with Crippen LogP contribution in [0, 0.1) is 11.8 Å². The standard InChI is InChI=1S/C13H20O2/c1-3-6-10-7-5-8-11-9-12(14)15-13(10,11)4-2/h3,10-11H,1,4-9H2,2H3/t10-,11+,13+/m1/s1. The largest absolute Gasteiger partial charge is 0.458 e. The van der Waals surface area contributed by atoms with Gasteiger partial charge in [-0.25, -0.2) is 0 Å². The van der Waals surface area contributed by atoms with E-state index < -0.39 is 0 Å². The molecule has 2 rings (SSSR count). The molecule has 3 atom stereocenters. The molecule has 1 heterocycles. The zero-order valence-electron chi connectivity index (χ0n) is 9.50. The minimum atomic E-state index is -0.149. The van der Waals surface area contributed by atoms with E-state index in [0.717, 1.165) is 19.3 Å². The van der Waals surface area contributed by atoms with Gasteiger partial charge in [-0.05, 0) is 25.7 Å². The van der Waals surface area contributed by atoms with Crippen LogP contribution in [0.3, 0.4) is 0 Å². The summed E-state index contributed by atoms with van der Waals surface area (Å²) in [6.07, 6.45) is 8.13. The van der Waals surface area contributed by atoms with Gasteiger partial charge in [-0.1, -0.05) is 19.4 Å². The van der Waals surface area contributed by atoms with Gasteiger partial charge in [-0.3, -0.25) is 4.79 Å². The Morgan fingerprint density at radius 2 is 2.40 bits per heavy atom. The van der Waals surface area contributed by atoms with Gasteiger partial charge in [-0.15, -0.1) is 6.58 Å². The summed E-state index contributed by atoms with van der Waals surface area (Å²) < 4.78 is 5.68. The van der Waals surface area contributed by atoms with Gasteiger partial charge >= 0.3 is 5.97 Å². The van der Waals surface area contributed by atoms with Crippen LogP contribution >= 0.6 is 0 Å². The summed E-state index contributed by atoms with van der Waals surface area (Å²) in [5.74, 6) is 0.983. The lowest BCUT2D eigenvalue weighted by atomic mass is 9.66. The second-order valence-corrected chi connectivity index (χ2v) is 4.84. The number of allylic oxidation sites excluding steroid dienone is 1. The van der Waals surface area contributed by atoms with Crippen LogP contribution in [0.4, 0.5) is 0 Å². The number of carbonyl (C=O) groups is 1. The highest BCUT2D eigenvalue weighted by Gasteiger charge is 2.53. The molecule has 0 unspecified atom stereocenters. The first kappa shape index (κ1) is 10.7. The molecule has 1 saturated carbocycles. The van der Waals surface area contributed by atoms with Crippen molar-refractivity contribution in [1.82, 2.24) is 0 Å². The number of hydrogen-bond acceptors (Lipinski definition) is 2. The molecule has 0 radical (unpaired) electrons. The third kappa shape index (κ3) is 1.60. The van der Waals surface area contributed by atoms with Crippen molar-refractivity contribution in [3.05, 3.63) is 12.7 Å². The van der Waals surface area contributed by atoms with Crippen LogP contribution in [-0.4, -0.2) is 11.6 Å². The summed E-state index contributed by atoms with van der Waals surface area (Å²) in [6.45, 7) is 5.96. The predicted molar refractivity (Wildman–Crippen MR) is 59.4 cm³/mol. The maximum atomic E-state index is 11.5. The number of carbonyl (C=O) groups excluding carboxylic acids is 1. The van der Waals surface area contributed by atoms with Crippen molar-refractivity contribution >= 4 is 5.97 Å². The fraction of sp³-hybridized carbons (Fsp3) is 0.769. The zero-order valence-corrected chi connectivity index (χ0v) is 9.50. The first-order chi connectivity index (χ1) is 7.23. The minimum absolute atomic E-state index is 0.0119. The molecule has 0 aromatic rings. The lowest BCUT2D eigenvalue weighted by Crippen LogP contribution is -2.45. The Kier molecular flexibility index (Phi) is 2.85.